The Morgan fingerprint density at radius 1 is 1.32 bits per heavy atom. The van der Waals surface area contributed by atoms with Gasteiger partial charge in [-0.3, -0.25) is 9.82 Å². The van der Waals surface area contributed by atoms with Crippen molar-refractivity contribution < 1.29 is 8.42 Å². The number of anilines is 1. The van der Waals surface area contributed by atoms with Gasteiger partial charge in [-0.05, 0) is 30.5 Å². The number of hydrogen-bond acceptors (Lipinski definition) is 3. The Labute approximate surface area is 113 Å². The molecule has 2 N–H and O–H groups in total. The Bertz CT molecular complexity index is 675. The summed E-state index contributed by atoms with van der Waals surface area (Å²) in [6.45, 7) is 5.81. The third-order valence-corrected chi connectivity index (χ3v) is 4.27. The predicted octanol–water partition coefficient (Wildman–Crippen LogP) is 2.64. The average Bonchev–Trinajstić information content (AvgIpc) is 2.74. The molecule has 1 aromatic heterocycles. The van der Waals surface area contributed by atoms with Gasteiger partial charge in [-0.25, -0.2) is 8.42 Å². The number of H-pyrrole nitrogens is 1. The maximum Gasteiger partial charge on any atom is 0.262 e. The molecule has 5 nitrogen and oxygen atoms in total. The Balaban J connectivity index is 2.35. The van der Waals surface area contributed by atoms with Crippen LogP contribution in [0.4, 0.5) is 5.69 Å². The predicted molar refractivity (Wildman–Crippen MR) is 74.7 cm³/mol. The van der Waals surface area contributed by atoms with Gasteiger partial charge in [-0.15, -0.1) is 0 Å². The van der Waals surface area contributed by atoms with Crippen LogP contribution in [0.3, 0.4) is 0 Å². The van der Waals surface area contributed by atoms with Crippen LogP contribution in [0, 0.1) is 6.92 Å². The van der Waals surface area contributed by atoms with Crippen molar-refractivity contribution in [3.8, 4) is 0 Å². The highest BCUT2D eigenvalue weighted by Gasteiger charge is 2.16. The highest BCUT2D eigenvalue weighted by molar-refractivity contribution is 7.92. The molecule has 6 heteroatoms. The van der Waals surface area contributed by atoms with Gasteiger partial charge in [-0.1, -0.05) is 26.0 Å². The standard InChI is InChI=1S/C13H17N3O2S/c1-9(2)11-5-4-6-12(7-11)19(17,18)16-13-8-14-15-10(13)3/h4-9,16H,1-3H3,(H,14,15). The van der Waals surface area contributed by atoms with Crippen LogP contribution in [0.2, 0.25) is 0 Å². The summed E-state index contributed by atoms with van der Waals surface area (Å²) in [5, 5.41) is 6.49. The minimum atomic E-state index is -3.57. The number of nitrogens with one attached hydrogen (secondary N) is 2. The van der Waals surface area contributed by atoms with Crippen molar-refractivity contribution in [3.05, 3.63) is 41.7 Å². The molecule has 0 bridgehead atoms. The molecule has 0 atom stereocenters. The minimum Gasteiger partial charge on any atom is -0.281 e. The van der Waals surface area contributed by atoms with Crippen LogP contribution >= 0.6 is 0 Å². The molecule has 1 aromatic carbocycles. The molecule has 0 aliphatic heterocycles. The first-order chi connectivity index (χ1) is 8.90. The summed E-state index contributed by atoms with van der Waals surface area (Å²) in [5.41, 5.74) is 2.14. The summed E-state index contributed by atoms with van der Waals surface area (Å²) >= 11 is 0. The third kappa shape index (κ3) is 2.96. The molecule has 0 spiro atoms. The summed E-state index contributed by atoms with van der Waals surface area (Å²) in [7, 11) is -3.57. The number of aromatic amines is 1. The van der Waals surface area contributed by atoms with Crippen molar-refractivity contribution >= 4 is 15.7 Å². The van der Waals surface area contributed by atoms with Crippen LogP contribution in [0.1, 0.15) is 31.0 Å². The lowest BCUT2D eigenvalue weighted by molar-refractivity contribution is 0.601. The first-order valence-electron chi connectivity index (χ1n) is 6.03. The van der Waals surface area contributed by atoms with Gasteiger partial charge in [0.15, 0.2) is 0 Å². The summed E-state index contributed by atoms with van der Waals surface area (Å²) in [6.07, 6.45) is 1.46. The van der Waals surface area contributed by atoms with Crippen LogP contribution in [0.25, 0.3) is 0 Å². The minimum absolute atomic E-state index is 0.263. The van der Waals surface area contributed by atoms with Gasteiger partial charge < -0.3 is 0 Å². The molecule has 0 saturated carbocycles. The lowest BCUT2D eigenvalue weighted by atomic mass is 10.0. The molecule has 0 amide bonds. The molecular formula is C13H17N3O2S. The van der Waals surface area contributed by atoms with Crippen molar-refractivity contribution in [2.45, 2.75) is 31.6 Å². The second-order valence-electron chi connectivity index (χ2n) is 4.74. The maximum absolute atomic E-state index is 12.3. The van der Waals surface area contributed by atoms with Crippen molar-refractivity contribution in [2.24, 2.45) is 0 Å². The Morgan fingerprint density at radius 2 is 2.05 bits per heavy atom. The van der Waals surface area contributed by atoms with E-state index >= 15 is 0 Å². The third-order valence-electron chi connectivity index (χ3n) is 2.91. The summed E-state index contributed by atoms with van der Waals surface area (Å²) in [4.78, 5) is 0.263. The first-order valence-corrected chi connectivity index (χ1v) is 7.51. The summed E-state index contributed by atoms with van der Waals surface area (Å²) in [5.74, 6) is 0.283. The summed E-state index contributed by atoms with van der Waals surface area (Å²) < 4.78 is 27.1. The van der Waals surface area contributed by atoms with E-state index in [1.165, 1.54) is 6.20 Å². The van der Waals surface area contributed by atoms with E-state index in [-0.39, 0.29) is 10.8 Å². The molecule has 0 saturated heterocycles. The molecule has 19 heavy (non-hydrogen) atoms. The highest BCUT2D eigenvalue weighted by atomic mass is 32.2. The number of rotatable bonds is 4. The average molecular weight is 279 g/mol. The zero-order valence-corrected chi connectivity index (χ0v) is 12.0. The molecular weight excluding hydrogens is 262 g/mol. The smallest absolute Gasteiger partial charge is 0.262 e. The van der Waals surface area contributed by atoms with E-state index in [9.17, 15) is 8.42 Å². The van der Waals surface area contributed by atoms with Gasteiger partial charge in [0, 0.05) is 0 Å². The van der Waals surface area contributed by atoms with Gasteiger partial charge >= 0.3 is 0 Å². The van der Waals surface area contributed by atoms with Crippen LogP contribution in [0.5, 0.6) is 0 Å². The number of aromatic nitrogens is 2. The Hall–Kier alpha value is -1.82. The zero-order chi connectivity index (χ0) is 14.0. The second kappa shape index (κ2) is 5.05. The summed E-state index contributed by atoms with van der Waals surface area (Å²) in [6, 6.07) is 6.96. The molecule has 0 aliphatic rings. The topological polar surface area (TPSA) is 74.8 Å². The van der Waals surface area contributed by atoms with E-state index in [0.717, 1.165) is 5.56 Å². The van der Waals surface area contributed by atoms with E-state index in [1.807, 2.05) is 19.9 Å². The SMILES string of the molecule is Cc1[nH]ncc1NS(=O)(=O)c1cccc(C(C)C)c1. The van der Waals surface area contributed by atoms with Gasteiger partial charge in [0.25, 0.3) is 10.0 Å². The Kier molecular flexibility index (Phi) is 3.61. The first kappa shape index (κ1) is 13.6. The van der Waals surface area contributed by atoms with Crippen molar-refractivity contribution in [1.82, 2.24) is 10.2 Å². The molecule has 0 radical (unpaired) electrons. The van der Waals surface area contributed by atoms with E-state index in [1.54, 1.807) is 25.1 Å². The second-order valence-corrected chi connectivity index (χ2v) is 6.42. The zero-order valence-electron chi connectivity index (χ0n) is 11.1. The maximum atomic E-state index is 12.3. The van der Waals surface area contributed by atoms with Gasteiger partial charge in [0.2, 0.25) is 0 Å². The lowest BCUT2D eigenvalue weighted by Gasteiger charge is -2.10. The van der Waals surface area contributed by atoms with Gasteiger partial charge in [0.1, 0.15) is 0 Å². The Morgan fingerprint density at radius 3 is 2.63 bits per heavy atom. The van der Waals surface area contributed by atoms with Gasteiger partial charge in [-0.2, -0.15) is 5.10 Å². The van der Waals surface area contributed by atoms with Crippen molar-refractivity contribution in [1.29, 1.82) is 0 Å². The van der Waals surface area contributed by atoms with Crippen molar-refractivity contribution in [2.75, 3.05) is 4.72 Å². The molecule has 0 unspecified atom stereocenters. The van der Waals surface area contributed by atoms with Crippen LogP contribution < -0.4 is 4.72 Å². The monoisotopic (exact) mass is 279 g/mol. The number of benzene rings is 1. The van der Waals surface area contributed by atoms with Crippen LogP contribution in [-0.4, -0.2) is 18.6 Å². The van der Waals surface area contributed by atoms with E-state index in [0.29, 0.717) is 11.4 Å². The number of aryl methyl sites for hydroxylation is 1. The van der Waals surface area contributed by atoms with E-state index < -0.39 is 10.0 Å². The lowest BCUT2D eigenvalue weighted by Crippen LogP contribution is -2.13. The fourth-order valence-electron chi connectivity index (χ4n) is 1.70. The van der Waals surface area contributed by atoms with Gasteiger partial charge in [0.05, 0.1) is 22.5 Å². The number of sulfonamides is 1. The van der Waals surface area contributed by atoms with E-state index in [2.05, 4.69) is 14.9 Å². The van der Waals surface area contributed by atoms with E-state index in [4.69, 9.17) is 0 Å². The fraction of sp³-hybridized carbons (Fsp3) is 0.308. The van der Waals surface area contributed by atoms with Crippen LogP contribution in [-0.2, 0) is 10.0 Å². The quantitative estimate of drug-likeness (QED) is 0.903. The molecule has 0 fully saturated rings. The van der Waals surface area contributed by atoms with Crippen molar-refractivity contribution in [3.63, 3.8) is 0 Å². The molecule has 2 rings (SSSR count). The molecule has 1 heterocycles. The normalized spacial score (nSPS) is 11.8. The molecule has 2 aromatic rings. The fourth-order valence-corrected chi connectivity index (χ4v) is 2.86. The van der Waals surface area contributed by atoms with Crippen LogP contribution in [0.15, 0.2) is 35.4 Å². The number of nitrogens with zero attached hydrogens (tertiary/aromatic N) is 1. The highest BCUT2D eigenvalue weighted by Crippen LogP contribution is 2.21. The number of hydrogen-bond donors (Lipinski definition) is 2. The largest absolute Gasteiger partial charge is 0.281 e. The molecule has 0 aliphatic carbocycles. The molecule has 102 valence electrons.